The second-order valence-electron chi connectivity index (χ2n) is 7.73. The fourth-order valence-electron chi connectivity index (χ4n) is 4.24. The highest BCUT2D eigenvalue weighted by atomic mass is 32.1. The Morgan fingerprint density at radius 2 is 1.97 bits per heavy atom. The lowest BCUT2D eigenvalue weighted by Gasteiger charge is -2.27. The van der Waals surface area contributed by atoms with Crippen molar-refractivity contribution in [3.8, 4) is 5.75 Å². The Balaban J connectivity index is 0.000000730. The molecule has 0 spiro atoms. The standard InChI is InChI=1S/C21H25N3O3S.CH2O2/c25-20(24-9-12-27-18-4-2-1-3-16(18)14-24)15-5-6-19-17(13-15)22-21(28-19)23-7-10-26-11-8-23;2-1-3/h1-4,15H,5-14H2;1H,(H,2,3). The molecule has 0 saturated carbocycles. The second kappa shape index (κ2) is 10.1. The molecule has 2 aromatic rings. The molecule has 2 aliphatic heterocycles. The number of nitrogens with zero attached hydrogens (tertiary/aromatic N) is 3. The first-order valence-electron chi connectivity index (χ1n) is 10.6. The number of carbonyl (C=O) groups excluding carboxylic acids is 1. The molecule has 0 bridgehead atoms. The maximum absolute atomic E-state index is 13.3. The maximum atomic E-state index is 13.3. The van der Waals surface area contributed by atoms with Crippen molar-refractivity contribution >= 4 is 28.8 Å². The molecule has 1 atom stereocenters. The summed E-state index contributed by atoms with van der Waals surface area (Å²) in [6.07, 6.45) is 2.62. The van der Waals surface area contributed by atoms with Gasteiger partial charge in [-0.2, -0.15) is 0 Å². The van der Waals surface area contributed by atoms with Crippen molar-refractivity contribution in [1.82, 2.24) is 9.88 Å². The van der Waals surface area contributed by atoms with E-state index in [2.05, 4.69) is 11.0 Å². The van der Waals surface area contributed by atoms with Crippen LogP contribution in [-0.4, -0.2) is 66.8 Å². The van der Waals surface area contributed by atoms with Crippen molar-refractivity contribution in [1.29, 1.82) is 0 Å². The van der Waals surface area contributed by atoms with Gasteiger partial charge in [0.1, 0.15) is 12.4 Å². The highest BCUT2D eigenvalue weighted by Gasteiger charge is 2.32. The summed E-state index contributed by atoms with van der Waals surface area (Å²) >= 11 is 1.80. The highest BCUT2D eigenvalue weighted by Crippen LogP contribution is 2.35. The van der Waals surface area contributed by atoms with Gasteiger partial charge in [-0.1, -0.05) is 18.2 Å². The number of ether oxygens (including phenoxy) is 2. The second-order valence-corrected chi connectivity index (χ2v) is 8.79. The van der Waals surface area contributed by atoms with Crippen molar-refractivity contribution in [2.45, 2.75) is 25.8 Å². The van der Waals surface area contributed by atoms with Gasteiger partial charge in [0.25, 0.3) is 6.47 Å². The van der Waals surface area contributed by atoms with Crippen molar-refractivity contribution < 1.29 is 24.2 Å². The Bertz CT molecular complexity index is 912. The Morgan fingerprint density at radius 1 is 1.19 bits per heavy atom. The van der Waals surface area contributed by atoms with Gasteiger partial charge in [-0.15, -0.1) is 11.3 Å². The van der Waals surface area contributed by atoms with Gasteiger partial charge in [0, 0.05) is 42.4 Å². The molecule has 1 fully saturated rings. The average Bonchev–Trinajstić information content (AvgIpc) is 3.11. The first kappa shape index (κ1) is 21.6. The molecular weight excluding hydrogens is 418 g/mol. The molecule has 5 rings (SSSR count). The monoisotopic (exact) mass is 445 g/mol. The predicted molar refractivity (Wildman–Crippen MR) is 117 cm³/mol. The van der Waals surface area contributed by atoms with Crippen LogP contribution >= 0.6 is 11.3 Å². The van der Waals surface area contributed by atoms with E-state index in [1.165, 1.54) is 4.88 Å². The van der Waals surface area contributed by atoms with E-state index < -0.39 is 0 Å². The van der Waals surface area contributed by atoms with Crippen LogP contribution in [-0.2, 0) is 33.7 Å². The normalized spacial score (nSPS) is 20.3. The number of rotatable bonds is 2. The number of hydrogen-bond acceptors (Lipinski definition) is 7. The Morgan fingerprint density at radius 3 is 2.77 bits per heavy atom. The van der Waals surface area contributed by atoms with Crippen LogP contribution in [0.2, 0.25) is 0 Å². The summed E-state index contributed by atoms with van der Waals surface area (Å²) < 4.78 is 11.3. The zero-order valence-electron chi connectivity index (χ0n) is 17.4. The summed E-state index contributed by atoms with van der Waals surface area (Å²) in [6, 6.07) is 8.02. The van der Waals surface area contributed by atoms with E-state index in [0.29, 0.717) is 19.7 Å². The lowest BCUT2D eigenvalue weighted by molar-refractivity contribution is -0.136. The van der Waals surface area contributed by atoms with Crippen LogP contribution in [0.25, 0.3) is 0 Å². The Labute approximate surface area is 185 Å². The number of para-hydroxylation sites is 1. The Hall–Kier alpha value is -2.65. The van der Waals surface area contributed by atoms with Gasteiger partial charge >= 0.3 is 0 Å². The van der Waals surface area contributed by atoms with E-state index >= 15 is 0 Å². The summed E-state index contributed by atoms with van der Waals surface area (Å²) in [6.45, 7) is 4.93. The van der Waals surface area contributed by atoms with Crippen molar-refractivity contribution in [3.05, 3.63) is 40.4 Å². The SMILES string of the molecule is O=C(C1CCc2sc(N3CCOCC3)nc2C1)N1CCOc2ccccc2C1.O=CO. The number of aryl methyl sites for hydroxylation is 1. The molecule has 1 unspecified atom stereocenters. The molecule has 0 radical (unpaired) electrons. The maximum Gasteiger partial charge on any atom is 0.290 e. The molecule has 1 aromatic heterocycles. The molecule has 1 N–H and O–H groups in total. The van der Waals surface area contributed by atoms with Crippen LogP contribution in [0.3, 0.4) is 0 Å². The molecule has 8 nitrogen and oxygen atoms in total. The van der Waals surface area contributed by atoms with E-state index in [0.717, 1.165) is 67.7 Å². The fourth-order valence-corrected chi connectivity index (χ4v) is 5.39. The van der Waals surface area contributed by atoms with Crippen LogP contribution in [0.15, 0.2) is 24.3 Å². The number of hydrogen-bond donors (Lipinski definition) is 1. The summed E-state index contributed by atoms with van der Waals surface area (Å²) in [5.41, 5.74) is 2.22. The zero-order valence-corrected chi connectivity index (χ0v) is 18.2. The third kappa shape index (κ3) is 4.99. The number of thiazole rings is 1. The average molecular weight is 446 g/mol. The summed E-state index contributed by atoms with van der Waals surface area (Å²) in [5, 5.41) is 7.98. The number of amides is 1. The molecule has 1 amide bonds. The first-order chi connectivity index (χ1) is 15.2. The zero-order chi connectivity index (χ0) is 21.6. The summed E-state index contributed by atoms with van der Waals surface area (Å²) in [4.78, 5) is 32.2. The number of fused-ring (bicyclic) bond motifs is 2. The third-order valence-corrected chi connectivity index (χ3v) is 7.04. The predicted octanol–water partition coefficient (Wildman–Crippen LogP) is 2.21. The highest BCUT2D eigenvalue weighted by molar-refractivity contribution is 7.15. The van der Waals surface area contributed by atoms with E-state index in [4.69, 9.17) is 24.4 Å². The quantitative estimate of drug-likeness (QED) is 0.709. The smallest absolute Gasteiger partial charge is 0.290 e. The number of anilines is 1. The van der Waals surface area contributed by atoms with Crippen LogP contribution < -0.4 is 9.64 Å². The lowest BCUT2D eigenvalue weighted by atomic mass is 9.89. The number of carboxylic acid groups (broad SMARTS) is 1. The van der Waals surface area contributed by atoms with Gasteiger partial charge in [-0.05, 0) is 18.9 Å². The van der Waals surface area contributed by atoms with E-state index in [1.54, 1.807) is 11.3 Å². The minimum absolute atomic E-state index is 0.0254. The molecule has 1 aromatic carbocycles. The molecule has 9 heteroatoms. The Kier molecular flexibility index (Phi) is 7.03. The molecular formula is C22H27N3O5S. The van der Waals surface area contributed by atoms with Crippen LogP contribution in [0.1, 0.15) is 22.6 Å². The molecule has 1 aliphatic carbocycles. The summed E-state index contributed by atoms with van der Waals surface area (Å²) in [7, 11) is 0. The third-order valence-electron chi connectivity index (χ3n) is 5.82. The van der Waals surface area contributed by atoms with Gasteiger partial charge in [-0.25, -0.2) is 4.98 Å². The van der Waals surface area contributed by atoms with Crippen LogP contribution in [0.5, 0.6) is 5.75 Å². The topological polar surface area (TPSA) is 92.2 Å². The minimum atomic E-state index is -0.250. The lowest BCUT2D eigenvalue weighted by Crippen LogP contribution is -2.39. The van der Waals surface area contributed by atoms with Gasteiger partial charge in [-0.3, -0.25) is 9.59 Å². The molecule has 3 heterocycles. The fraction of sp³-hybridized carbons (Fsp3) is 0.500. The van der Waals surface area contributed by atoms with Gasteiger partial charge < -0.3 is 24.4 Å². The first-order valence-corrected chi connectivity index (χ1v) is 11.4. The van der Waals surface area contributed by atoms with Crippen molar-refractivity contribution in [2.75, 3.05) is 44.4 Å². The van der Waals surface area contributed by atoms with E-state index in [9.17, 15) is 4.79 Å². The number of morpholine rings is 1. The van der Waals surface area contributed by atoms with E-state index in [-0.39, 0.29) is 18.3 Å². The van der Waals surface area contributed by atoms with Crippen LogP contribution in [0.4, 0.5) is 5.13 Å². The van der Waals surface area contributed by atoms with Crippen molar-refractivity contribution in [2.24, 2.45) is 5.92 Å². The molecule has 31 heavy (non-hydrogen) atoms. The van der Waals surface area contributed by atoms with Gasteiger partial charge in [0.05, 0.1) is 25.5 Å². The number of benzene rings is 1. The molecule has 3 aliphatic rings. The van der Waals surface area contributed by atoms with Gasteiger partial charge in [0.2, 0.25) is 5.91 Å². The minimum Gasteiger partial charge on any atom is -0.491 e. The van der Waals surface area contributed by atoms with Gasteiger partial charge in [0.15, 0.2) is 5.13 Å². The largest absolute Gasteiger partial charge is 0.491 e. The van der Waals surface area contributed by atoms with E-state index in [1.807, 2.05) is 23.1 Å². The van der Waals surface area contributed by atoms with Crippen LogP contribution in [0, 0.1) is 5.92 Å². The molecule has 166 valence electrons. The summed E-state index contributed by atoms with van der Waals surface area (Å²) in [5.74, 6) is 1.17. The van der Waals surface area contributed by atoms with Crippen molar-refractivity contribution in [3.63, 3.8) is 0 Å². The molecule has 1 saturated heterocycles. The number of carbonyl (C=O) groups is 2. The number of aromatic nitrogens is 1.